The van der Waals surface area contributed by atoms with Crippen LogP contribution >= 0.6 is 11.7 Å². The van der Waals surface area contributed by atoms with Crippen molar-refractivity contribution < 1.29 is 9.90 Å². The molecular formula is C7H11N3O2S. The minimum absolute atomic E-state index is 0.0557. The molecule has 1 amide bonds. The number of hydrogen-bond donors (Lipinski definition) is 2. The number of aliphatic hydroxyl groups excluding tert-OH is 1. The Morgan fingerprint density at radius 3 is 3.08 bits per heavy atom. The Hall–Kier alpha value is -1.01. The van der Waals surface area contributed by atoms with Crippen LogP contribution in [0.25, 0.3) is 0 Å². The van der Waals surface area contributed by atoms with Crippen LogP contribution in [0.1, 0.15) is 23.8 Å². The van der Waals surface area contributed by atoms with Gasteiger partial charge in [-0.3, -0.25) is 4.79 Å². The largest absolute Gasteiger partial charge is 0.394 e. The van der Waals surface area contributed by atoms with Crippen LogP contribution in [-0.2, 0) is 0 Å². The van der Waals surface area contributed by atoms with Crippen molar-refractivity contribution in [3.8, 4) is 0 Å². The fourth-order valence-electron chi connectivity index (χ4n) is 0.801. The van der Waals surface area contributed by atoms with Gasteiger partial charge in [-0.1, -0.05) is 6.92 Å². The number of rotatable bonds is 4. The van der Waals surface area contributed by atoms with Crippen LogP contribution in [-0.4, -0.2) is 32.4 Å². The molecule has 0 aromatic carbocycles. The highest BCUT2D eigenvalue weighted by molar-refractivity contribution is 6.99. The van der Waals surface area contributed by atoms with E-state index in [1.807, 2.05) is 6.92 Å². The zero-order chi connectivity index (χ0) is 9.68. The molecule has 1 aromatic rings. The Morgan fingerprint density at radius 1 is 1.85 bits per heavy atom. The SMILES string of the molecule is CC[C@@H](CO)NC(=O)c1cnsn1. The van der Waals surface area contributed by atoms with Crippen molar-refractivity contribution in [1.82, 2.24) is 14.1 Å². The van der Waals surface area contributed by atoms with Crippen LogP contribution in [0.2, 0.25) is 0 Å². The van der Waals surface area contributed by atoms with E-state index in [0.29, 0.717) is 12.1 Å². The van der Waals surface area contributed by atoms with E-state index >= 15 is 0 Å². The van der Waals surface area contributed by atoms with E-state index in [9.17, 15) is 4.79 Å². The van der Waals surface area contributed by atoms with Crippen molar-refractivity contribution in [2.75, 3.05) is 6.61 Å². The molecule has 0 aliphatic carbocycles. The predicted molar refractivity (Wildman–Crippen MR) is 48.5 cm³/mol. The summed E-state index contributed by atoms with van der Waals surface area (Å²) in [5.41, 5.74) is 0.303. The van der Waals surface area contributed by atoms with Gasteiger partial charge in [-0.15, -0.1) is 0 Å². The molecule has 13 heavy (non-hydrogen) atoms. The molecule has 0 fully saturated rings. The first-order valence-electron chi connectivity index (χ1n) is 3.97. The summed E-state index contributed by atoms with van der Waals surface area (Å²) in [5, 5.41) is 11.5. The summed E-state index contributed by atoms with van der Waals surface area (Å²) in [6.07, 6.45) is 2.10. The lowest BCUT2D eigenvalue weighted by molar-refractivity contribution is 0.0911. The van der Waals surface area contributed by atoms with Crippen LogP contribution in [0.15, 0.2) is 6.20 Å². The molecule has 0 spiro atoms. The third kappa shape index (κ3) is 2.74. The summed E-state index contributed by atoms with van der Waals surface area (Å²) in [6, 6.07) is -0.200. The van der Waals surface area contributed by atoms with Gasteiger partial charge in [0.25, 0.3) is 5.91 Å². The van der Waals surface area contributed by atoms with Gasteiger partial charge in [-0.25, -0.2) is 0 Å². The second-order valence-corrected chi connectivity index (χ2v) is 3.11. The fourth-order valence-corrected chi connectivity index (χ4v) is 1.21. The lowest BCUT2D eigenvalue weighted by Crippen LogP contribution is -2.37. The zero-order valence-electron chi connectivity index (χ0n) is 7.23. The standard InChI is InChI=1S/C7H11N3O2S/c1-2-5(4-11)9-7(12)6-3-8-13-10-6/h3,5,11H,2,4H2,1H3,(H,9,12)/t5-/m0/s1. The highest BCUT2D eigenvalue weighted by Gasteiger charge is 2.12. The smallest absolute Gasteiger partial charge is 0.272 e. The Balaban J connectivity index is 2.50. The number of carbonyl (C=O) groups excluding carboxylic acids is 1. The topological polar surface area (TPSA) is 75.1 Å². The second kappa shape index (κ2) is 4.88. The fraction of sp³-hybridized carbons (Fsp3) is 0.571. The van der Waals surface area contributed by atoms with Crippen molar-refractivity contribution in [2.24, 2.45) is 0 Å². The summed E-state index contributed by atoms with van der Waals surface area (Å²) in [7, 11) is 0. The third-order valence-electron chi connectivity index (χ3n) is 1.64. The molecule has 6 heteroatoms. The minimum Gasteiger partial charge on any atom is -0.394 e. The average Bonchev–Trinajstić information content (AvgIpc) is 2.66. The maximum Gasteiger partial charge on any atom is 0.272 e. The van der Waals surface area contributed by atoms with E-state index in [4.69, 9.17) is 5.11 Å². The van der Waals surface area contributed by atoms with Gasteiger partial charge in [0.2, 0.25) is 0 Å². The van der Waals surface area contributed by atoms with Crippen LogP contribution in [0, 0.1) is 0 Å². The van der Waals surface area contributed by atoms with Gasteiger partial charge in [-0.05, 0) is 6.42 Å². The van der Waals surface area contributed by atoms with E-state index in [0.717, 1.165) is 11.7 Å². The molecule has 0 saturated heterocycles. The van der Waals surface area contributed by atoms with Crippen molar-refractivity contribution in [3.05, 3.63) is 11.9 Å². The van der Waals surface area contributed by atoms with Gasteiger partial charge >= 0.3 is 0 Å². The van der Waals surface area contributed by atoms with Crippen molar-refractivity contribution >= 4 is 17.6 Å². The monoisotopic (exact) mass is 201 g/mol. The Labute approximate surface area is 80.1 Å². The van der Waals surface area contributed by atoms with Crippen molar-refractivity contribution in [1.29, 1.82) is 0 Å². The second-order valence-electron chi connectivity index (χ2n) is 2.55. The first-order chi connectivity index (χ1) is 6.27. The van der Waals surface area contributed by atoms with Crippen molar-refractivity contribution in [3.63, 3.8) is 0 Å². The maximum atomic E-state index is 11.3. The predicted octanol–water partition coefficient (Wildman–Crippen LogP) is 0.0388. The molecule has 0 aliphatic rings. The number of nitrogens with zero attached hydrogens (tertiary/aromatic N) is 2. The van der Waals surface area contributed by atoms with Crippen LogP contribution < -0.4 is 5.32 Å². The van der Waals surface area contributed by atoms with Gasteiger partial charge in [0, 0.05) is 0 Å². The van der Waals surface area contributed by atoms with Gasteiger partial charge in [0.15, 0.2) is 5.69 Å². The first kappa shape index (κ1) is 10.1. The van der Waals surface area contributed by atoms with E-state index in [2.05, 4.69) is 14.1 Å². The zero-order valence-corrected chi connectivity index (χ0v) is 8.04. The Bertz CT molecular complexity index is 259. The Morgan fingerprint density at radius 2 is 2.62 bits per heavy atom. The number of hydrogen-bond acceptors (Lipinski definition) is 5. The number of aliphatic hydroxyl groups is 1. The molecule has 0 saturated carbocycles. The maximum absolute atomic E-state index is 11.3. The molecule has 2 N–H and O–H groups in total. The highest BCUT2D eigenvalue weighted by Crippen LogP contribution is 1.97. The molecule has 1 rings (SSSR count). The van der Waals surface area contributed by atoms with E-state index in [-0.39, 0.29) is 18.6 Å². The molecule has 1 atom stereocenters. The van der Waals surface area contributed by atoms with Gasteiger partial charge < -0.3 is 10.4 Å². The van der Waals surface area contributed by atoms with E-state index in [1.54, 1.807) is 0 Å². The number of carbonyl (C=O) groups is 1. The van der Waals surface area contributed by atoms with Gasteiger partial charge in [0.1, 0.15) is 0 Å². The lowest BCUT2D eigenvalue weighted by Gasteiger charge is -2.12. The third-order valence-corrected chi connectivity index (χ3v) is 2.12. The molecule has 0 aliphatic heterocycles. The van der Waals surface area contributed by atoms with Gasteiger partial charge in [-0.2, -0.15) is 8.75 Å². The van der Waals surface area contributed by atoms with Crippen LogP contribution in [0.5, 0.6) is 0 Å². The van der Waals surface area contributed by atoms with E-state index in [1.165, 1.54) is 6.20 Å². The Kier molecular flexibility index (Phi) is 3.78. The average molecular weight is 201 g/mol. The summed E-state index contributed by atoms with van der Waals surface area (Å²) >= 11 is 0.987. The quantitative estimate of drug-likeness (QED) is 0.721. The molecule has 0 unspecified atom stereocenters. The molecule has 1 heterocycles. The normalized spacial score (nSPS) is 12.5. The van der Waals surface area contributed by atoms with Gasteiger partial charge in [0.05, 0.1) is 30.6 Å². The summed E-state index contributed by atoms with van der Waals surface area (Å²) in [4.78, 5) is 11.3. The molecular weight excluding hydrogens is 190 g/mol. The molecule has 72 valence electrons. The van der Waals surface area contributed by atoms with Crippen molar-refractivity contribution in [2.45, 2.75) is 19.4 Å². The molecule has 0 radical (unpaired) electrons. The minimum atomic E-state index is -0.283. The summed E-state index contributed by atoms with van der Waals surface area (Å²) < 4.78 is 7.48. The number of aromatic nitrogens is 2. The summed E-state index contributed by atoms with van der Waals surface area (Å²) in [6.45, 7) is 1.83. The highest BCUT2D eigenvalue weighted by atomic mass is 32.1. The molecule has 5 nitrogen and oxygen atoms in total. The number of nitrogens with one attached hydrogen (secondary N) is 1. The molecule has 1 aromatic heterocycles. The number of amides is 1. The van der Waals surface area contributed by atoms with Crippen LogP contribution in [0.4, 0.5) is 0 Å². The molecule has 0 bridgehead atoms. The lowest BCUT2D eigenvalue weighted by atomic mass is 10.2. The van der Waals surface area contributed by atoms with E-state index < -0.39 is 0 Å². The first-order valence-corrected chi connectivity index (χ1v) is 4.70. The van der Waals surface area contributed by atoms with Crippen LogP contribution in [0.3, 0.4) is 0 Å². The summed E-state index contributed by atoms with van der Waals surface area (Å²) in [5.74, 6) is -0.283.